The summed E-state index contributed by atoms with van der Waals surface area (Å²) in [5.41, 5.74) is 0. The number of hydrogen-bond acceptors (Lipinski definition) is 6. The van der Waals surface area contributed by atoms with Crippen molar-refractivity contribution in [1.82, 2.24) is 0 Å². The summed E-state index contributed by atoms with van der Waals surface area (Å²) < 4.78 is 33.9. The maximum absolute atomic E-state index is 8.48. The maximum Gasteiger partial charge on any atom is 2.00 e. The Morgan fingerprint density at radius 2 is 0.778 bits per heavy atom. The van der Waals surface area contributed by atoms with Crippen LogP contribution in [0.5, 0.6) is 0 Å². The van der Waals surface area contributed by atoms with Gasteiger partial charge in [0, 0.05) is 0 Å². The first-order valence-electron chi connectivity index (χ1n) is 1.10. The largest absolute Gasteiger partial charge is 2.00 e. The number of rotatable bonds is 0. The molecule has 9 heavy (non-hydrogen) atoms. The molecule has 0 amide bonds. The molecule has 0 heterocycles. The van der Waals surface area contributed by atoms with Gasteiger partial charge < -0.3 is 9.79 Å². The van der Waals surface area contributed by atoms with Gasteiger partial charge in [-0.1, -0.05) is 0 Å². The minimum absolute atomic E-state index is 0. The van der Waals surface area contributed by atoms with Crippen molar-refractivity contribution >= 4 is 15.8 Å². The average Bonchev–Trinajstić information content (AvgIpc) is 1.25. The van der Waals surface area contributed by atoms with E-state index in [0.717, 1.165) is 0 Å². The molecular formula is CdO6P2. The van der Waals surface area contributed by atoms with Crippen LogP contribution in [0.4, 0.5) is 0 Å². The second-order valence-corrected chi connectivity index (χ2v) is 1.34. The van der Waals surface area contributed by atoms with Crippen LogP contribution >= 0.6 is 15.8 Å². The molecule has 0 bridgehead atoms. The van der Waals surface area contributed by atoms with E-state index in [4.69, 9.17) is 28.0 Å². The monoisotopic (exact) mass is 272 g/mol. The topological polar surface area (TPSA) is 114 Å². The van der Waals surface area contributed by atoms with Crippen molar-refractivity contribution in [2.24, 2.45) is 0 Å². The Bertz CT molecular complexity index is 128. The molecule has 0 aliphatic carbocycles. The smallest absolute Gasteiger partial charge is 0.744 e. The average molecular weight is 270 g/mol. The van der Waals surface area contributed by atoms with E-state index < -0.39 is 15.8 Å². The normalized spacial score (nSPS) is 5.56. The zero-order valence-corrected chi connectivity index (χ0v) is 9.88. The van der Waals surface area contributed by atoms with Gasteiger partial charge in [0.1, 0.15) is 0 Å². The first-order valence-corrected chi connectivity index (χ1v) is 3.29. The Morgan fingerprint density at radius 3 is 0.778 bits per heavy atom. The Morgan fingerprint density at radius 1 is 0.778 bits per heavy atom. The van der Waals surface area contributed by atoms with Crippen LogP contribution in [-0.2, 0) is 45.6 Å². The molecule has 0 fully saturated rings. The van der Waals surface area contributed by atoms with Gasteiger partial charge in [-0.15, -0.1) is 0 Å². The second kappa shape index (κ2) is 11.4. The van der Waals surface area contributed by atoms with Gasteiger partial charge in [0.15, 0.2) is 0 Å². The third-order valence-electron chi connectivity index (χ3n) is 0. The van der Waals surface area contributed by atoms with Gasteiger partial charge >= 0.3 is 27.3 Å². The van der Waals surface area contributed by atoms with Crippen LogP contribution in [-0.4, -0.2) is 0 Å². The van der Waals surface area contributed by atoms with E-state index in [0.29, 0.717) is 0 Å². The molecule has 0 atom stereocenters. The molecule has 0 aromatic heterocycles. The van der Waals surface area contributed by atoms with E-state index in [1.54, 1.807) is 0 Å². The van der Waals surface area contributed by atoms with Crippen LogP contribution in [0.25, 0.3) is 0 Å². The predicted molar refractivity (Wildman–Crippen MR) is 16.6 cm³/mol. The van der Waals surface area contributed by atoms with E-state index in [9.17, 15) is 0 Å². The van der Waals surface area contributed by atoms with E-state index in [2.05, 4.69) is 0 Å². The molecule has 0 aliphatic rings. The second-order valence-electron chi connectivity index (χ2n) is 0.447. The minimum Gasteiger partial charge on any atom is -0.744 e. The van der Waals surface area contributed by atoms with Gasteiger partial charge in [-0.2, -0.15) is 0 Å². The SMILES string of the molecule is O=P(=O)[O-].O=P(=O)[O-].[Cd+2]. The van der Waals surface area contributed by atoms with Gasteiger partial charge in [0.05, 0.1) is 0 Å². The summed E-state index contributed by atoms with van der Waals surface area (Å²) in [6, 6.07) is 0. The molecule has 0 rings (SSSR count). The van der Waals surface area contributed by atoms with E-state index >= 15 is 0 Å². The molecular weight excluding hydrogens is 270 g/mol. The fourth-order valence-electron chi connectivity index (χ4n) is 0. The summed E-state index contributed by atoms with van der Waals surface area (Å²) in [5, 5.41) is 0. The van der Waals surface area contributed by atoms with Crippen LogP contribution in [0.2, 0.25) is 0 Å². The predicted octanol–water partition coefficient (Wildman–Crippen LogP) is -1.13. The molecule has 48 valence electrons. The maximum atomic E-state index is 8.48. The van der Waals surface area contributed by atoms with Crippen LogP contribution in [0.1, 0.15) is 0 Å². The van der Waals surface area contributed by atoms with Crippen molar-refractivity contribution in [2.45, 2.75) is 0 Å². The molecule has 0 N–H and O–H groups in total. The minimum atomic E-state index is -3.37. The van der Waals surface area contributed by atoms with Crippen molar-refractivity contribution in [3.8, 4) is 0 Å². The summed E-state index contributed by atoms with van der Waals surface area (Å²) in [6.45, 7) is 0. The first kappa shape index (κ1) is 16.3. The van der Waals surface area contributed by atoms with Crippen LogP contribution in [0, 0.1) is 0 Å². The van der Waals surface area contributed by atoms with Crippen LogP contribution in [0.15, 0.2) is 0 Å². The van der Waals surface area contributed by atoms with Crippen molar-refractivity contribution < 1.29 is 55.3 Å². The molecule has 0 unspecified atom stereocenters. The van der Waals surface area contributed by atoms with Gasteiger partial charge in [0.2, 0.25) is 15.8 Å². The molecule has 0 aromatic rings. The summed E-state index contributed by atoms with van der Waals surface area (Å²) in [7, 11) is -6.74. The first-order chi connectivity index (χ1) is 3.46. The molecule has 0 aliphatic heterocycles. The molecule has 0 aromatic carbocycles. The third kappa shape index (κ3) is 925. The van der Waals surface area contributed by atoms with Gasteiger partial charge in [0.25, 0.3) is 0 Å². The standard InChI is InChI=1S/Cd.2HO3P/c;2*1-4(2)3/h;2*(H,1,2,3)/q+2;;/p-2. The van der Waals surface area contributed by atoms with Crippen molar-refractivity contribution in [3.05, 3.63) is 0 Å². The molecule has 0 spiro atoms. The summed E-state index contributed by atoms with van der Waals surface area (Å²) >= 11 is 0. The molecule has 0 radical (unpaired) electrons. The fourth-order valence-corrected chi connectivity index (χ4v) is 0. The van der Waals surface area contributed by atoms with Gasteiger partial charge in [-0.05, 0) is 0 Å². The Balaban J connectivity index is -0.0000000720. The van der Waals surface area contributed by atoms with E-state index in [-0.39, 0.29) is 27.3 Å². The van der Waals surface area contributed by atoms with Gasteiger partial charge in [-0.25, -0.2) is 0 Å². The Hall–Kier alpha value is 0.642. The summed E-state index contributed by atoms with van der Waals surface area (Å²) in [4.78, 5) is 17.0. The summed E-state index contributed by atoms with van der Waals surface area (Å²) in [6.07, 6.45) is 0. The Labute approximate surface area is 71.2 Å². The van der Waals surface area contributed by atoms with Crippen LogP contribution < -0.4 is 9.79 Å². The molecule has 0 saturated heterocycles. The fraction of sp³-hybridized carbons (Fsp3) is 0. The Kier molecular flexibility index (Phi) is 20.7. The molecule has 9 heteroatoms. The third-order valence-corrected chi connectivity index (χ3v) is 0. The van der Waals surface area contributed by atoms with Crippen molar-refractivity contribution in [2.75, 3.05) is 0 Å². The van der Waals surface area contributed by atoms with E-state index in [1.165, 1.54) is 0 Å². The number of hydrogen-bond donors (Lipinski definition) is 0. The molecule has 6 nitrogen and oxygen atoms in total. The van der Waals surface area contributed by atoms with E-state index in [1.807, 2.05) is 0 Å². The van der Waals surface area contributed by atoms with Crippen molar-refractivity contribution in [1.29, 1.82) is 0 Å². The zero-order valence-electron chi connectivity index (χ0n) is 4.05. The molecule has 0 saturated carbocycles. The van der Waals surface area contributed by atoms with Crippen molar-refractivity contribution in [3.63, 3.8) is 0 Å². The summed E-state index contributed by atoms with van der Waals surface area (Å²) in [5.74, 6) is 0. The quantitative estimate of drug-likeness (QED) is 0.406. The zero-order chi connectivity index (χ0) is 7.15. The van der Waals surface area contributed by atoms with Crippen LogP contribution in [0.3, 0.4) is 0 Å². The van der Waals surface area contributed by atoms with Gasteiger partial charge in [-0.3, -0.25) is 18.3 Å².